The Morgan fingerprint density at radius 1 is 0.955 bits per heavy atom. The average Bonchev–Trinajstić information content (AvgIpc) is 2.95. The molecule has 2 aromatic carbocycles. The molecule has 1 amide bonds. The minimum Gasteiger partial charge on any atom is -0.372 e. The van der Waals surface area contributed by atoms with Gasteiger partial charge in [0.05, 0.1) is 34.6 Å². The number of aromatic nitrogens is 2. The van der Waals surface area contributed by atoms with Gasteiger partial charge in [-0.3, -0.25) is 4.79 Å². The summed E-state index contributed by atoms with van der Waals surface area (Å²) in [5, 5.41) is 2.24. The summed E-state index contributed by atoms with van der Waals surface area (Å²) in [5.74, 6) is -4.37. The number of hydrogen-bond acceptors (Lipinski definition) is 7. The molecule has 0 radical (unpaired) electrons. The van der Waals surface area contributed by atoms with Crippen LogP contribution in [-0.2, 0) is 10.9 Å². The summed E-state index contributed by atoms with van der Waals surface area (Å²) in [5.41, 5.74) is -3.59. The van der Waals surface area contributed by atoms with Crippen LogP contribution in [0.15, 0.2) is 36.7 Å². The van der Waals surface area contributed by atoms with Gasteiger partial charge < -0.3 is 24.8 Å². The van der Waals surface area contributed by atoms with E-state index in [0.717, 1.165) is 6.07 Å². The largest absolute Gasteiger partial charge is 0.417 e. The molecule has 0 spiro atoms. The first kappa shape index (κ1) is 31.5. The number of carbonyl (C=O) groups excluding carboxylic acids is 1. The number of hydrogen-bond donors (Lipinski definition) is 1. The summed E-state index contributed by atoms with van der Waals surface area (Å²) in [6.07, 6.45) is -2.72. The smallest absolute Gasteiger partial charge is 0.372 e. The number of alkyl halides is 3. The third kappa shape index (κ3) is 6.46. The quantitative estimate of drug-likeness (QED) is 0.373. The Labute approximate surface area is 250 Å². The van der Waals surface area contributed by atoms with Crippen molar-refractivity contribution in [3.05, 3.63) is 65.2 Å². The fourth-order valence-electron chi connectivity index (χ4n) is 5.59. The second-order valence-electron chi connectivity index (χ2n) is 11.3. The van der Waals surface area contributed by atoms with Crippen molar-refractivity contribution < 1.29 is 35.9 Å². The van der Waals surface area contributed by atoms with Crippen LogP contribution >= 0.6 is 0 Å². The van der Waals surface area contributed by atoms with Gasteiger partial charge in [-0.05, 0) is 46.0 Å². The number of ether oxygens (including phenoxy) is 1. The minimum absolute atomic E-state index is 0.0291. The first-order valence-electron chi connectivity index (χ1n) is 14.1. The average molecular weight is 623 g/mol. The second-order valence-corrected chi connectivity index (χ2v) is 11.3. The number of anilines is 3. The Balaban J connectivity index is 1.56. The molecule has 2 saturated heterocycles. The number of likely N-dealkylation sites (N-methyl/N-ethyl adjacent to an activating group) is 1. The van der Waals surface area contributed by atoms with Gasteiger partial charge in [-0.15, -0.1) is 0 Å². The maximum Gasteiger partial charge on any atom is 0.417 e. The maximum atomic E-state index is 16.4. The standard InChI is InChI=1S/C30H32F6N6O2/c1-16-13-41(8-7-40(16)4)24-10-23(32)25(19-11-37-29(38-12-19)42-14-17(2)44-18(3)15-42)26(33)27(24)39-28(43)21-6-5-20(31)9-22(21)30(34,35)36/h5-6,9-12,16-18H,7-8,13-15H2,1-4H3,(H,39,43)/t16-,17-,18-/m0/s1. The summed E-state index contributed by atoms with van der Waals surface area (Å²) >= 11 is 0. The molecule has 0 saturated carbocycles. The molecule has 2 aliphatic rings. The van der Waals surface area contributed by atoms with Crippen LogP contribution in [-0.4, -0.2) is 78.8 Å². The van der Waals surface area contributed by atoms with Gasteiger partial charge >= 0.3 is 6.18 Å². The lowest BCUT2D eigenvalue weighted by Crippen LogP contribution is -2.50. The number of piperazine rings is 1. The molecule has 0 unspecified atom stereocenters. The number of morpholine rings is 1. The van der Waals surface area contributed by atoms with Crippen molar-refractivity contribution in [2.24, 2.45) is 0 Å². The van der Waals surface area contributed by atoms with E-state index in [2.05, 4.69) is 15.3 Å². The maximum absolute atomic E-state index is 16.4. The van der Waals surface area contributed by atoms with Crippen molar-refractivity contribution in [2.45, 2.75) is 45.2 Å². The molecule has 5 rings (SSSR count). The van der Waals surface area contributed by atoms with E-state index in [1.807, 2.05) is 37.6 Å². The van der Waals surface area contributed by atoms with Gasteiger partial charge in [0.1, 0.15) is 17.3 Å². The highest BCUT2D eigenvalue weighted by atomic mass is 19.4. The lowest BCUT2D eigenvalue weighted by molar-refractivity contribution is -0.138. The van der Waals surface area contributed by atoms with Gasteiger partial charge in [-0.25, -0.2) is 23.1 Å². The number of halogens is 6. The monoisotopic (exact) mass is 622 g/mol. The SMILES string of the molecule is C[C@H]1CN(c2ncc(-c3c(F)cc(N4CCN(C)[C@@H](C)C4)c(NC(=O)c4ccc(F)cc4C(F)(F)F)c3F)cn2)C[C@H](C)O1. The van der Waals surface area contributed by atoms with E-state index >= 15 is 8.78 Å². The zero-order chi connectivity index (χ0) is 31.9. The Morgan fingerprint density at radius 3 is 2.23 bits per heavy atom. The van der Waals surface area contributed by atoms with Crippen LogP contribution in [0, 0.1) is 17.5 Å². The predicted octanol–water partition coefficient (Wildman–Crippen LogP) is 5.59. The first-order valence-corrected chi connectivity index (χ1v) is 14.1. The minimum atomic E-state index is -5.06. The summed E-state index contributed by atoms with van der Waals surface area (Å²) < 4.78 is 92.6. The molecule has 14 heteroatoms. The van der Waals surface area contributed by atoms with E-state index in [1.165, 1.54) is 12.4 Å². The molecule has 1 N–H and O–H groups in total. The number of nitrogens with one attached hydrogen (secondary N) is 1. The van der Waals surface area contributed by atoms with Gasteiger partial charge in [0.2, 0.25) is 5.95 Å². The molecular formula is C30H32F6N6O2. The fourth-order valence-corrected chi connectivity index (χ4v) is 5.59. The van der Waals surface area contributed by atoms with Crippen molar-refractivity contribution in [3.8, 4) is 11.1 Å². The molecule has 44 heavy (non-hydrogen) atoms. The van der Waals surface area contributed by atoms with E-state index in [-0.39, 0.29) is 35.6 Å². The van der Waals surface area contributed by atoms with Gasteiger partial charge in [0.15, 0.2) is 5.82 Å². The topological polar surface area (TPSA) is 73.8 Å². The van der Waals surface area contributed by atoms with E-state index in [0.29, 0.717) is 50.8 Å². The molecular weight excluding hydrogens is 590 g/mol. The summed E-state index contributed by atoms with van der Waals surface area (Å²) in [7, 11) is 1.89. The fraction of sp³-hybridized carbons (Fsp3) is 0.433. The van der Waals surface area contributed by atoms with Gasteiger partial charge in [0.25, 0.3) is 5.91 Å². The van der Waals surface area contributed by atoms with E-state index in [9.17, 15) is 22.4 Å². The lowest BCUT2D eigenvalue weighted by Gasteiger charge is -2.39. The van der Waals surface area contributed by atoms with Crippen molar-refractivity contribution in [2.75, 3.05) is 54.9 Å². The van der Waals surface area contributed by atoms with Crippen LogP contribution in [0.3, 0.4) is 0 Å². The third-order valence-corrected chi connectivity index (χ3v) is 7.90. The lowest BCUT2D eigenvalue weighted by atomic mass is 10.0. The molecule has 2 aliphatic heterocycles. The Morgan fingerprint density at radius 2 is 1.61 bits per heavy atom. The number of nitrogens with zero attached hydrogens (tertiary/aromatic N) is 5. The molecule has 3 atom stereocenters. The molecule has 3 aromatic rings. The zero-order valence-electron chi connectivity index (χ0n) is 24.6. The molecule has 8 nitrogen and oxygen atoms in total. The molecule has 3 heterocycles. The predicted molar refractivity (Wildman–Crippen MR) is 153 cm³/mol. The van der Waals surface area contributed by atoms with Crippen LogP contribution < -0.4 is 15.1 Å². The zero-order valence-corrected chi connectivity index (χ0v) is 24.6. The van der Waals surface area contributed by atoms with Crippen LogP contribution in [0.4, 0.5) is 43.7 Å². The summed E-state index contributed by atoms with van der Waals surface area (Å²) in [6.45, 7) is 7.96. The van der Waals surface area contributed by atoms with Gasteiger partial charge in [-0.2, -0.15) is 13.2 Å². The Kier molecular flexibility index (Phi) is 8.76. The van der Waals surface area contributed by atoms with E-state index in [4.69, 9.17) is 4.74 Å². The highest BCUT2D eigenvalue weighted by Gasteiger charge is 2.37. The summed E-state index contributed by atoms with van der Waals surface area (Å²) in [6, 6.07) is 2.58. The van der Waals surface area contributed by atoms with Gasteiger partial charge in [0, 0.05) is 62.8 Å². The second kappa shape index (κ2) is 12.2. The Bertz CT molecular complexity index is 1530. The van der Waals surface area contributed by atoms with Crippen LogP contribution in [0.5, 0.6) is 0 Å². The van der Waals surface area contributed by atoms with Crippen molar-refractivity contribution in [1.29, 1.82) is 0 Å². The number of benzene rings is 2. The van der Waals surface area contributed by atoms with Crippen LogP contribution in [0.1, 0.15) is 36.7 Å². The molecule has 0 aliphatic carbocycles. The van der Waals surface area contributed by atoms with Crippen molar-refractivity contribution in [1.82, 2.24) is 14.9 Å². The molecule has 1 aromatic heterocycles. The number of amides is 1. The number of carbonyl (C=O) groups is 1. The normalized spacial score (nSPS) is 21.5. The van der Waals surface area contributed by atoms with Crippen LogP contribution in [0.2, 0.25) is 0 Å². The highest BCUT2D eigenvalue weighted by molar-refractivity contribution is 6.07. The van der Waals surface area contributed by atoms with Gasteiger partial charge in [-0.1, -0.05) is 0 Å². The first-order chi connectivity index (χ1) is 20.7. The molecule has 2 fully saturated rings. The summed E-state index contributed by atoms with van der Waals surface area (Å²) in [4.78, 5) is 27.4. The molecule has 0 bridgehead atoms. The molecule has 236 valence electrons. The number of rotatable bonds is 5. The Hall–Kier alpha value is -3.91. The van der Waals surface area contributed by atoms with Crippen molar-refractivity contribution in [3.63, 3.8) is 0 Å². The van der Waals surface area contributed by atoms with Crippen molar-refractivity contribution >= 4 is 23.2 Å². The van der Waals surface area contributed by atoms with E-state index < -0.39 is 51.9 Å². The highest BCUT2D eigenvalue weighted by Crippen LogP contribution is 2.40. The van der Waals surface area contributed by atoms with Crippen LogP contribution in [0.25, 0.3) is 11.1 Å². The van der Waals surface area contributed by atoms with E-state index in [1.54, 1.807) is 4.90 Å². The third-order valence-electron chi connectivity index (χ3n) is 7.90.